The lowest BCUT2D eigenvalue weighted by atomic mass is 9.89. The molecule has 112 valence electrons. The van der Waals surface area contributed by atoms with E-state index in [0.717, 1.165) is 6.42 Å². The van der Waals surface area contributed by atoms with Crippen LogP contribution in [0.3, 0.4) is 0 Å². The molecule has 2 amide bonds. The van der Waals surface area contributed by atoms with E-state index in [0.29, 0.717) is 12.8 Å². The van der Waals surface area contributed by atoms with Crippen LogP contribution in [0.25, 0.3) is 0 Å². The summed E-state index contributed by atoms with van der Waals surface area (Å²) in [5, 5.41) is 11.6. The maximum atomic E-state index is 13.8. The van der Waals surface area contributed by atoms with Gasteiger partial charge in [0.15, 0.2) is 5.82 Å². The van der Waals surface area contributed by atoms with Gasteiger partial charge in [-0.25, -0.2) is 9.18 Å². The van der Waals surface area contributed by atoms with Gasteiger partial charge in [-0.15, -0.1) is 0 Å². The number of nitrogens with zero attached hydrogens (tertiary/aromatic N) is 1. The van der Waals surface area contributed by atoms with Crippen LogP contribution < -0.4 is 5.32 Å². The molecule has 2 N–H and O–H groups in total. The molecule has 5 nitrogen and oxygen atoms in total. The number of amides is 2. The van der Waals surface area contributed by atoms with Gasteiger partial charge in [0.05, 0.1) is 16.6 Å². The standard InChI is InChI=1S/C14H14ClFN2O3/c15-9-2-1-3-10(12(9)16)17-14(21)18-7-4-5-11(18)8(6-7)13(19)20/h1-3,7-8,11H,4-6H2,(H,17,21)(H,19,20). The fourth-order valence-corrected chi connectivity index (χ4v) is 3.53. The smallest absolute Gasteiger partial charge is 0.322 e. The van der Waals surface area contributed by atoms with E-state index in [9.17, 15) is 14.0 Å². The zero-order valence-electron chi connectivity index (χ0n) is 11.1. The largest absolute Gasteiger partial charge is 0.481 e. The van der Waals surface area contributed by atoms with Crippen molar-refractivity contribution in [2.45, 2.75) is 31.3 Å². The summed E-state index contributed by atoms with van der Waals surface area (Å²) in [5.41, 5.74) is 0.00525. The van der Waals surface area contributed by atoms with Gasteiger partial charge in [-0.05, 0) is 31.4 Å². The molecule has 0 aromatic heterocycles. The van der Waals surface area contributed by atoms with E-state index in [1.807, 2.05) is 0 Å². The number of urea groups is 1. The molecule has 2 bridgehead atoms. The molecule has 3 atom stereocenters. The molecule has 1 aromatic rings. The zero-order valence-corrected chi connectivity index (χ0v) is 11.8. The Bertz CT molecular complexity index is 610. The van der Waals surface area contributed by atoms with Crippen molar-refractivity contribution in [3.05, 3.63) is 29.0 Å². The minimum Gasteiger partial charge on any atom is -0.481 e. The topological polar surface area (TPSA) is 69.6 Å². The predicted molar refractivity (Wildman–Crippen MR) is 74.8 cm³/mol. The van der Waals surface area contributed by atoms with Gasteiger partial charge in [-0.1, -0.05) is 17.7 Å². The van der Waals surface area contributed by atoms with Gasteiger partial charge in [-0.2, -0.15) is 0 Å². The number of rotatable bonds is 2. The number of halogens is 2. The van der Waals surface area contributed by atoms with Crippen LogP contribution in [0.5, 0.6) is 0 Å². The highest BCUT2D eigenvalue weighted by Crippen LogP contribution is 2.42. The third kappa shape index (κ3) is 2.33. The minimum absolute atomic E-state index is 0.00525. The fraction of sp³-hybridized carbons (Fsp3) is 0.429. The summed E-state index contributed by atoms with van der Waals surface area (Å²) in [6.45, 7) is 0. The summed E-state index contributed by atoms with van der Waals surface area (Å²) in [6, 6.07) is 3.50. The second-order valence-corrected chi connectivity index (χ2v) is 5.82. The van der Waals surface area contributed by atoms with E-state index >= 15 is 0 Å². The first-order chi connectivity index (χ1) is 9.99. The molecule has 2 heterocycles. The van der Waals surface area contributed by atoms with E-state index in [2.05, 4.69) is 5.32 Å². The molecule has 2 fully saturated rings. The SMILES string of the molecule is O=C(O)C1CC2CCC1N2C(=O)Nc1cccc(Cl)c1F. The van der Waals surface area contributed by atoms with E-state index in [4.69, 9.17) is 16.7 Å². The molecule has 2 aliphatic rings. The van der Waals surface area contributed by atoms with E-state index in [1.54, 1.807) is 11.0 Å². The molecule has 3 rings (SSSR count). The predicted octanol–water partition coefficient (Wildman–Crippen LogP) is 2.95. The van der Waals surface area contributed by atoms with Crippen molar-refractivity contribution in [2.24, 2.45) is 5.92 Å². The van der Waals surface area contributed by atoms with Crippen LogP contribution in [0.15, 0.2) is 18.2 Å². The number of benzene rings is 1. The molecular weight excluding hydrogens is 299 g/mol. The lowest BCUT2D eigenvalue weighted by Gasteiger charge is -2.23. The van der Waals surface area contributed by atoms with Crippen LogP contribution in [0, 0.1) is 11.7 Å². The Balaban J connectivity index is 1.78. The Kier molecular flexibility index (Phi) is 3.49. The van der Waals surface area contributed by atoms with Crippen LogP contribution in [0.2, 0.25) is 5.02 Å². The Hall–Kier alpha value is -1.82. The fourth-order valence-electron chi connectivity index (χ4n) is 3.35. The quantitative estimate of drug-likeness (QED) is 0.882. The minimum atomic E-state index is -0.881. The second kappa shape index (κ2) is 5.18. The van der Waals surface area contributed by atoms with Crippen LogP contribution in [0.1, 0.15) is 19.3 Å². The summed E-state index contributed by atoms with van der Waals surface area (Å²) in [5.74, 6) is -2.10. The van der Waals surface area contributed by atoms with Crippen molar-refractivity contribution < 1.29 is 19.1 Å². The summed E-state index contributed by atoms with van der Waals surface area (Å²) < 4.78 is 13.8. The van der Waals surface area contributed by atoms with Crippen molar-refractivity contribution in [1.29, 1.82) is 0 Å². The van der Waals surface area contributed by atoms with E-state index in [-0.39, 0.29) is 22.8 Å². The molecule has 0 radical (unpaired) electrons. The van der Waals surface area contributed by atoms with Gasteiger partial charge in [0.2, 0.25) is 0 Å². The van der Waals surface area contributed by atoms with Gasteiger partial charge < -0.3 is 15.3 Å². The normalized spacial score (nSPS) is 27.0. The Labute approximate surface area is 125 Å². The Morgan fingerprint density at radius 3 is 2.81 bits per heavy atom. The molecule has 3 unspecified atom stereocenters. The van der Waals surface area contributed by atoms with Crippen molar-refractivity contribution in [1.82, 2.24) is 4.90 Å². The maximum Gasteiger partial charge on any atom is 0.322 e. The molecule has 0 aliphatic carbocycles. The number of fused-ring (bicyclic) bond motifs is 2. The third-order valence-electron chi connectivity index (χ3n) is 4.28. The highest BCUT2D eigenvalue weighted by Gasteiger charge is 2.51. The number of hydrogen-bond donors (Lipinski definition) is 2. The van der Waals surface area contributed by atoms with Gasteiger partial charge >= 0.3 is 12.0 Å². The van der Waals surface area contributed by atoms with Crippen molar-refractivity contribution >= 4 is 29.3 Å². The first-order valence-electron chi connectivity index (χ1n) is 6.75. The molecule has 0 saturated carbocycles. The number of carbonyl (C=O) groups is 2. The number of aliphatic carboxylic acids is 1. The average Bonchev–Trinajstić information content (AvgIpc) is 3.01. The third-order valence-corrected chi connectivity index (χ3v) is 4.57. The van der Waals surface area contributed by atoms with E-state index in [1.165, 1.54) is 12.1 Å². The summed E-state index contributed by atoms with van der Waals surface area (Å²) in [4.78, 5) is 25.0. The highest BCUT2D eigenvalue weighted by molar-refractivity contribution is 6.31. The Morgan fingerprint density at radius 1 is 1.38 bits per heavy atom. The van der Waals surface area contributed by atoms with Crippen LogP contribution in [-0.2, 0) is 4.79 Å². The number of carbonyl (C=O) groups excluding carboxylic acids is 1. The zero-order chi connectivity index (χ0) is 15.1. The summed E-state index contributed by atoms with van der Waals surface area (Å²) in [6.07, 6.45) is 1.93. The second-order valence-electron chi connectivity index (χ2n) is 5.42. The molecular formula is C14H14ClFN2O3. The number of hydrogen-bond acceptors (Lipinski definition) is 2. The van der Waals surface area contributed by atoms with Crippen LogP contribution in [0.4, 0.5) is 14.9 Å². The van der Waals surface area contributed by atoms with Crippen LogP contribution >= 0.6 is 11.6 Å². The molecule has 2 saturated heterocycles. The van der Waals surface area contributed by atoms with E-state index < -0.39 is 23.7 Å². The highest BCUT2D eigenvalue weighted by atomic mass is 35.5. The molecule has 21 heavy (non-hydrogen) atoms. The van der Waals surface area contributed by atoms with Gasteiger partial charge in [0.1, 0.15) is 0 Å². The molecule has 2 aliphatic heterocycles. The van der Waals surface area contributed by atoms with Gasteiger partial charge in [0.25, 0.3) is 0 Å². The lowest BCUT2D eigenvalue weighted by molar-refractivity contribution is -0.142. The molecule has 1 aromatic carbocycles. The van der Waals surface area contributed by atoms with Crippen molar-refractivity contribution in [3.8, 4) is 0 Å². The lowest BCUT2D eigenvalue weighted by Crippen LogP contribution is -2.40. The van der Waals surface area contributed by atoms with Crippen molar-refractivity contribution in [2.75, 3.05) is 5.32 Å². The number of carboxylic acid groups (broad SMARTS) is 1. The van der Waals surface area contributed by atoms with Gasteiger partial charge in [-0.3, -0.25) is 4.79 Å². The first kappa shape index (κ1) is 14.1. The Morgan fingerprint density at radius 2 is 2.14 bits per heavy atom. The maximum absolute atomic E-state index is 13.8. The number of carboxylic acids is 1. The summed E-state index contributed by atoms with van der Waals surface area (Å²) in [7, 11) is 0. The first-order valence-corrected chi connectivity index (χ1v) is 7.13. The van der Waals surface area contributed by atoms with Gasteiger partial charge in [0, 0.05) is 12.1 Å². The summed E-state index contributed by atoms with van der Waals surface area (Å²) >= 11 is 5.67. The number of anilines is 1. The molecule has 0 spiro atoms. The van der Waals surface area contributed by atoms with Crippen molar-refractivity contribution in [3.63, 3.8) is 0 Å². The number of nitrogens with one attached hydrogen (secondary N) is 1. The monoisotopic (exact) mass is 312 g/mol. The average molecular weight is 313 g/mol. The van der Waals surface area contributed by atoms with Crippen LogP contribution in [-0.4, -0.2) is 34.1 Å². The molecule has 7 heteroatoms.